The minimum atomic E-state index is -1.27. The first kappa shape index (κ1) is 12.3. The zero-order chi connectivity index (χ0) is 11.6. The number of hydrogen-bond donors (Lipinski definition) is 5. The number of carbonyl (C=O) groups excluding carboxylic acids is 1. The standard InChI is InChI=1S/C8H16N2O5/c1-3(12)10-5-7(14)6(13)4(2-11)15-8(5)9/h4-8,11,13-14H,2,9H2,1H3,(H,10,12)/t4-,5-,6-,7-,8-/m1/s1. The van der Waals surface area contributed by atoms with Crippen molar-refractivity contribution >= 4 is 5.91 Å². The average molecular weight is 220 g/mol. The maximum atomic E-state index is 10.8. The molecular weight excluding hydrogens is 204 g/mol. The average Bonchev–Trinajstić information content (AvgIpc) is 2.18. The Morgan fingerprint density at radius 2 is 2.07 bits per heavy atom. The van der Waals surface area contributed by atoms with E-state index in [-0.39, 0.29) is 5.91 Å². The largest absolute Gasteiger partial charge is 0.394 e. The van der Waals surface area contributed by atoms with Gasteiger partial charge in [-0.15, -0.1) is 0 Å². The predicted molar refractivity (Wildman–Crippen MR) is 49.6 cm³/mol. The fourth-order valence-electron chi connectivity index (χ4n) is 1.55. The molecule has 1 fully saturated rings. The number of amides is 1. The van der Waals surface area contributed by atoms with Crippen LogP contribution >= 0.6 is 0 Å². The second-order valence-corrected chi connectivity index (χ2v) is 3.53. The summed E-state index contributed by atoms with van der Waals surface area (Å²) in [5.41, 5.74) is 5.53. The third-order valence-electron chi connectivity index (χ3n) is 2.33. The third kappa shape index (κ3) is 2.64. The molecule has 7 heteroatoms. The van der Waals surface area contributed by atoms with Gasteiger partial charge in [0.05, 0.1) is 12.6 Å². The minimum Gasteiger partial charge on any atom is -0.394 e. The van der Waals surface area contributed by atoms with Crippen LogP contribution < -0.4 is 11.1 Å². The van der Waals surface area contributed by atoms with Crippen molar-refractivity contribution in [2.75, 3.05) is 6.61 Å². The van der Waals surface area contributed by atoms with Crippen LogP contribution in [0.1, 0.15) is 6.92 Å². The molecular formula is C8H16N2O5. The highest BCUT2D eigenvalue weighted by Gasteiger charge is 2.42. The Balaban J connectivity index is 2.70. The highest BCUT2D eigenvalue weighted by Crippen LogP contribution is 2.18. The molecule has 0 spiro atoms. The van der Waals surface area contributed by atoms with Crippen LogP contribution in [0.5, 0.6) is 0 Å². The van der Waals surface area contributed by atoms with Crippen LogP contribution in [0.15, 0.2) is 0 Å². The van der Waals surface area contributed by atoms with Gasteiger partial charge in [0.25, 0.3) is 0 Å². The Bertz CT molecular complexity index is 237. The number of nitrogens with one attached hydrogen (secondary N) is 1. The number of nitrogens with two attached hydrogens (primary N) is 1. The van der Waals surface area contributed by atoms with E-state index in [4.69, 9.17) is 15.6 Å². The van der Waals surface area contributed by atoms with Crippen molar-refractivity contribution in [2.45, 2.75) is 37.5 Å². The second kappa shape index (κ2) is 4.86. The monoisotopic (exact) mass is 220 g/mol. The molecule has 0 aromatic heterocycles. The van der Waals surface area contributed by atoms with Gasteiger partial charge in [0.2, 0.25) is 5.91 Å². The van der Waals surface area contributed by atoms with Gasteiger partial charge < -0.3 is 31.1 Å². The lowest BCUT2D eigenvalue weighted by molar-refractivity contribution is -0.193. The predicted octanol–water partition coefficient (Wildman–Crippen LogP) is -3.11. The fraction of sp³-hybridized carbons (Fsp3) is 0.875. The van der Waals surface area contributed by atoms with Crippen LogP contribution in [0.2, 0.25) is 0 Å². The Morgan fingerprint density at radius 1 is 1.47 bits per heavy atom. The Morgan fingerprint density at radius 3 is 2.53 bits per heavy atom. The number of aliphatic hydroxyl groups is 3. The number of aliphatic hydroxyl groups excluding tert-OH is 3. The van der Waals surface area contributed by atoms with Crippen molar-refractivity contribution in [3.8, 4) is 0 Å². The first-order valence-electron chi connectivity index (χ1n) is 4.62. The Labute approximate surface area is 86.8 Å². The molecule has 5 atom stereocenters. The van der Waals surface area contributed by atoms with E-state index in [0.717, 1.165) is 0 Å². The van der Waals surface area contributed by atoms with Crippen LogP contribution in [0, 0.1) is 0 Å². The lowest BCUT2D eigenvalue weighted by atomic mass is 9.96. The molecule has 0 aromatic rings. The summed E-state index contributed by atoms with van der Waals surface area (Å²) < 4.78 is 5.03. The van der Waals surface area contributed by atoms with Crippen molar-refractivity contribution < 1.29 is 24.9 Å². The number of rotatable bonds is 2. The number of hydrogen-bond acceptors (Lipinski definition) is 6. The molecule has 0 saturated carbocycles. The van der Waals surface area contributed by atoms with Gasteiger partial charge in [-0.2, -0.15) is 0 Å². The quantitative estimate of drug-likeness (QED) is 0.335. The van der Waals surface area contributed by atoms with Gasteiger partial charge in [0.1, 0.15) is 24.5 Å². The minimum absolute atomic E-state index is 0.382. The molecule has 1 aliphatic heterocycles. The number of ether oxygens (including phenoxy) is 1. The van der Waals surface area contributed by atoms with E-state index >= 15 is 0 Å². The maximum absolute atomic E-state index is 10.8. The summed E-state index contributed by atoms with van der Waals surface area (Å²) >= 11 is 0. The molecule has 1 rings (SSSR count). The van der Waals surface area contributed by atoms with E-state index < -0.39 is 37.2 Å². The Kier molecular flexibility index (Phi) is 4.00. The van der Waals surface area contributed by atoms with Gasteiger partial charge >= 0.3 is 0 Å². The van der Waals surface area contributed by atoms with Gasteiger partial charge in [-0.3, -0.25) is 4.79 Å². The topological polar surface area (TPSA) is 125 Å². The van der Waals surface area contributed by atoms with Gasteiger partial charge in [-0.05, 0) is 0 Å². The number of carbonyl (C=O) groups is 1. The van der Waals surface area contributed by atoms with Crippen molar-refractivity contribution in [2.24, 2.45) is 5.73 Å². The molecule has 1 aliphatic rings. The summed E-state index contributed by atoms with van der Waals surface area (Å²) in [6, 6.07) is -0.875. The molecule has 1 saturated heterocycles. The summed E-state index contributed by atoms with van der Waals surface area (Å²) in [5, 5.41) is 30.3. The SMILES string of the molecule is CC(=O)N[C@@H]1[C@@H](O)[C@H](O)[C@@H](CO)O[C@H]1N. The van der Waals surface area contributed by atoms with Crippen molar-refractivity contribution in [1.29, 1.82) is 0 Å². The van der Waals surface area contributed by atoms with Gasteiger partial charge in [-0.25, -0.2) is 0 Å². The summed E-state index contributed by atoms with van der Waals surface area (Å²) in [4.78, 5) is 10.8. The van der Waals surface area contributed by atoms with Crippen molar-refractivity contribution in [3.05, 3.63) is 0 Å². The van der Waals surface area contributed by atoms with E-state index in [1.165, 1.54) is 6.92 Å². The van der Waals surface area contributed by atoms with E-state index in [2.05, 4.69) is 5.32 Å². The van der Waals surface area contributed by atoms with Crippen LogP contribution in [0.25, 0.3) is 0 Å². The second-order valence-electron chi connectivity index (χ2n) is 3.53. The first-order chi connectivity index (χ1) is 6.97. The summed E-state index contributed by atoms with van der Waals surface area (Å²) in [5.74, 6) is -0.382. The van der Waals surface area contributed by atoms with Gasteiger partial charge in [0.15, 0.2) is 0 Å². The van der Waals surface area contributed by atoms with E-state index in [1.807, 2.05) is 0 Å². The summed E-state index contributed by atoms with van der Waals surface area (Å²) in [7, 11) is 0. The molecule has 88 valence electrons. The molecule has 6 N–H and O–H groups in total. The maximum Gasteiger partial charge on any atom is 0.217 e. The third-order valence-corrected chi connectivity index (χ3v) is 2.33. The summed E-state index contributed by atoms with van der Waals surface area (Å²) in [6.45, 7) is 0.822. The zero-order valence-electron chi connectivity index (χ0n) is 8.33. The normalized spacial score (nSPS) is 41.3. The van der Waals surface area contributed by atoms with Crippen LogP contribution in [0.3, 0.4) is 0 Å². The molecule has 15 heavy (non-hydrogen) atoms. The lowest BCUT2D eigenvalue weighted by Gasteiger charge is -2.40. The molecule has 0 unspecified atom stereocenters. The van der Waals surface area contributed by atoms with Gasteiger partial charge in [0, 0.05) is 6.92 Å². The van der Waals surface area contributed by atoms with Crippen LogP contribution in [0.4, 0.5) is 0 Å². The highest BCUT2D eigenvalue weighted by atomic mass is 16.5. The highest BCUT2D eigenvalue weighted by molar-refractivity contribution is 5.73. The van der Waals surface area contributed by atoms with Crippen LogP contribution in [-0.4, -0.2) is 58.4 Å². The van der Waals surface area contributed by atoms with Crippen molar-refractivity contribution in [1.82, 2.24) is 5.32 Å². The molecule has 0 aromatic carbocycles. The molecule has 0 aliphatic carbocycles. The van der Waals surface area contributed by atoms with Crippen LogP contribution in [-0.2, 0) is 9.53 Å². The lowest BCUT2D eigenvalue weighted by Crippen LogP contribution is -2.66. The molecule has 0 bridgehead atoms. The van der Waals surface area contributed by atoms with E-state index in [9.17, 15) is 15.0 Å². The van der Waals surface area contributed by atoms with E-state index in [1.54, 1.807) is 0 Å². The molecule has 1 heterocycles. The smallest absolute Gasteiger partial charge is 0.217 e. The van der Waals surface area contributed by atoms with Gasteiger partial charge in [-0.1, -0.05) is 0 Å². The first-order valence-corrected chi connectivity index (χ1v) is 4.62. The van der Waals surface area contributed by atoms with E-state index in [0.29, 0.717) is 0 Å². The zero-order valence-corrected chi connectivity index (χ0v) is 8.33. The van der Waals surface area contributed by atoms with Crippen molar-refractivity contribution in [3.63, 3.8) is 0 Å². The Hall–Kier alpha value is -0.730. The molecule has 0 radical (unpaired) electrons. The summed E-state index contributed by atoms with van der Waals surface area (Å²) in [6.07, 6.45) is -4.41. The molecule has 7 nitrogen and oxygen atoms in total. The fourth-order valence-corrected chi connectivity index (χ4v) is 1.55. The molecule has 1 amide bonds.